The molecule has 2 N–H and O–H groups in total. The summed E-state index contributed by atoms with van der Waals surface area (Å²) < 4.78 is 1.89. The van der Waals surface area contributed by atoms with E-state index in [0.717, 1.165) is 17.0 Å². The van der Waals surface area contributed by atoms with E-state index in [1.54, 1.807) is 11.3 Å². The Bertz CT molecular complexity index is 769. The van der Waals surface area contributed by atoms with Crippen LogP contribution in [0, 0.1) is 0 Å². The molecule has 1 atom stereocenters. The van der Waals surface area contributed by atoms with Gasteiger partial charge in [-0.1, -0.05) is 36.4 Å². The minimum atomic E-state index is -0.805. The predicted octanol–water partition coefficient (Wildman–Crippen LogP) is 3.30. The van der Waals surface area contributed by atoms with Gasteiger partial charge in [-0.2, -0.15) is 5.10 Å². The zero-order valence-corrected chi connectivity index (χ0v) is 13.9. The second-order valence-corrected chi connectivity index (χ2v) is 6.56. The summed E-state index contributed by atoms with van der Waals surface area (Å²) in [4.78, 5) is 12.1. The fourth-order valence-electron chi connectivity index (χ4n) is 2.53. The molecule has 0 saturated carbocycles. The Balaban J connectivity index is 1.60. The lowest BCUT2D eigenvalue weighted by Gasteiger charge is -2.14. The molecule has 1 unspecified atom stereocenters. The fraction of sp³-hybridized carbons (Fsp3) is 0.222. The number of aromatic nitrogens is 2. The molecule has 0 aliphatic heterocycles. The maximum Gasteiger partial charge on any atom is 0.305 e. The molecule has 24 heavy (non-hydrogen) atoms. The van der Waals surface area contributed by atoms with Gasteiger partial charge >= 0.3 is 5.97 Å². The van der Waals surface area contributed by atoms with Gasteiger partial charge in [0.15, 0.2) is 0 Å². The largest absolute Gasteiger partial charge is 0.481 e. The average molecular weight is 341 g/mol. The Morgan fingerprint density at radius 3 is 2.75 bits per heavy atom. The van der Waals surface area contributed by atoms with Gasteiger partial charge in [0, 0.05) is 23.2 Å². The van der Waals surface area contributed by atoms with Gasteiger partial charge in [-0.25, -0.2) is 0 Å². The van der Waals surface area contributed by atoms with Gasteiger partial charge in [-0.3, -0.25) is 9.48 Å². The second-order valence-electron chi connectivity index (χ2n) is 5.58. The molecule has 0 aliphatic carbocycles. The topological polar surface area (TPSA) is 67.2 Å². The van der Waals surface area contributed by atoms with Gasteiger partial charge in [0.1, 0.15) is 0 Å². The van der Waals surface area contributed by atoms with Crippen molar-refractivity contribution in [3.8, 4) is 0 Å². The van der Waals surface area contributed by atoms with Gasteiger partial charge < -0.3 is 10.4 Å². The summed E-state index contributed by atoms with van der Waals surface area (Å²) in [7, 11) is 0. The highest BCUT2D eigenvalue weighted by molar-refractivity contribution is 7.10. The summed E-state index contributed by atoms with van der Waals surface area (Å²) in [5.41, 5.74) is 2.24. The van der Waals surface area contributed by atoms with E-state index in [-0.39, 0.29) is 12.5 Å². The number of benzene rings is 1. The summed E-state index contributed by atoms with van der Waals surface area (Å²) in [6.07, 6.45) is 3.88. The van der Waals surface area contributed by atoms with Crippen molar-refractivity contribution in [2.45, 2.75) is 25.6 Å². The number of aliphatic carboxylic acids is 1. The van der Waals surface area contributed by atoms with Crippen LogP contribution in [0.4, 0.5) is 0 Å². The molecule has 1 aromatic carbocycles. The molecule has 124 valence electrons. The molecule has 0 fully saturated rings. The van der Waals surface area contributed by atoms with Crippen LogP contribution >= 0.6 is 11.3 Å². The first-order chi connectivity index (χ1) is 11.7. The van der Waals surface area contributed by atoms with Crippen LogP contribution in [0.5, 0.6) is 0 Å². The van der Waals surface area contributed by atoms with Crippen LogP contribution in [-0.2, 0) is 17.9 Å². The van der Waals surface area contributed by atoms with Crippen molar-refractivity contribution in [3.05, 3.63) is 76.2 Å². The van der Waals surface area contributed by atoms with Crippen molar-refractivity contribution >= 4 is 17.3 Å². The normalized spacial score (nSPS) is 12.2. The van der Waals surface area contributed by atoms with Gasteiger partial charge in [-0.15, -0.1) is 11.3 Å². The van der Waals surface area contributed by atoms with Crippen LogP contribution in [-0.4, -0.2) is 20.9 Å². The van der Waals surface area contributed by atoms with Crippen LogP contribution in [0.3, 0.4) is 0 Å². The van der Waals surface area contributed by atoms with E-state index in [1.807, 2.05) is 52.8 Å². The number of rotatable bonds is 8. The summed E-state index contributed by atoms with van der Waals surface area (Å²) in [5, 5.41) is 18.8. The second kappa shape index (κ2) is 7.90. The molecule has 3 aromatic rings. The first-order valence-electron chi connectivity index (χ1n) is 7.74. The Morgan fingerprint density at radius 1 is 1.21 bits per heavy atom. The minimum Gasteiger partial charge on any atom is -0.481 e. The highest BCUT2D eigenvalue weighted by Crippen LogP contribution is 2.22. The van der Waals surface area contributed by atoms with E-state index in [2.05, 4.69) is 22.5 Å². The number of nitrogens with one attached hydrogen (secondary N) is 1. The highest BCUT2D eigenvalue weighted by Gasteiger charge is 2.16. The van der Waals surface area contributed by atoms with Crippen LogP contribution < -0.4 is 5.32 Å². The van der Waals surface area contributed by atoms with E-state index in [4.69, 9.17) is 5.11 Å². The summed E-state index contributed by atoms with van der Waals surface area (Å²) in [5.74, 6) is -0.805. The van der Waals surface area contributed by atoms with Crippen molar-refractivity contribution in [1.29, 1.82) is 0 Å². The van der Waals surface area contributed by atoms with E-state index < -0.39 is 5.97 Å². The summed E-state index contributed by atoms with van der Waals surface area (Å²) in [6, 6.07) is 13.9. The lowest BCUT2D eigenvalue weighted by molar-refractivity contribution is -0.137. The van der Waals surface area contributed by atoms with Gasteiger partial charge in [-0.05, 0) is 17.0 Å². The molecule has 0 saturated heterocycles. The van der Waals surface area contributed by atoms with E-state index in [9.17, 15) is 4.79 Å². The third kappa shape index (κ3) is 4.53. The number of carboxylic acids is 1. The lowest BCUT2D eigenvalue weighted by atomic mass is 10.1. The standard InChI is InChI=1S/C18H19N3O2S/c22-18(23)9-16(17-7-4-8-24-17)19-10-15-11-20-21(13-15)12-14-5-2-1-3-6-14/h1-8,11,13,16,19H,9-10,12H2,(H,22,23). The van der Waals surface area contributed by atoms with Gasteiger partial charge in [0.25, 0.3) is 0 Å². The molecule has 3 rings (SSSR count). The molecule has 5 nitrogen and oxygen atoms in total. The van der Waals surface area contributed by atoms with Crippen molar-refractivity contribution in [1.82, 2.24) is 15.1 Å². The molecule has 0 spiro atoms. The third-order valence-electron chi connectivity index (χ3n) is 3.69. The van der Waals surface area contributed by atoms with Crippen molar-refractivity contribution in [3.63, 3.8) is 0 Å². The zero-order valence-electron chi connectivity index (χ0n) is 13.1. The maximum absolute atomic E-state index is 11.1. The monoisotopic (exact) mass is 341 g/mol. The molecule has 0 amide bonds. The predicted molar refractivity (Wildman–Crippen MR) is 93.9 cm³/mol. The van der Waals surface area contributed by atoms with Crippen LogP contribution in [0.15, 0.2) is 60.2 Å². The molecular formula is C18H19N3O2S. The van der Waals surface area contributed by atoms with E-state index >= 15 is 0 Å². The third-order valence-corrected chi connectivity index (χ3v) is 4.68. The zero-order chi connectivity index (χ0) is 16.8. The first-order valence-corrected chi connectivity index (χ1v) is 8.62. The smallest absolute Gasteiger partial charge is 0.305 e. The SMILES string of the molecule is O=C(O)CC(NCc1cnn(Cc2ccccc2)c1)c1cccs1. The molecule has 6 heteroatoms. The van der Waals surface area contributed by atoms with Crippen molar-refractivity contribution in [2.24, 2.45) is 0 Å². The highest BCUT2D eigenvalue weighted by atomic mass is 32.1. The number of carbonyl (C=O) groups is 1. The minimum absolute atomic E-state index is 0.0681. The fourth-order valence-corrected chi connectivity index (χ4v) is 3.34. The molecular weight excluding hydrogens is 322 g/mol. The first kappa shape index (κ1) is 16.4. The van der Waals surface area contributed by atoms with Gasteiger partial charge in [0.05, 0.1) is 25.2 Å². The average Bonchev–Trinajstić information content (AvgIpc) is 3.24. The summed E-state index contributed by atoms with van der Waals surface area (Å²) >= 11 is 1.57. The number of hydrogen-bond acceptors (Lipinski definition) is 4. The Kier molecular flexibility index (Phi) is 5.40. The van der Waals surface area contributed by atoms with E-state index in [0.29, 0.717) is 6.54 Å². The molecule has 0 bridgehead atoms. The van der Waals surface area contributed by atoms with Crippen LogP contribution in [0.1, 0.15) is 28.5 Å². The quantitative estimate of drug-likeness (QED) is 0.660. The molecule has 0 radical (unpaired) electrons. The Morgan fingerprint density at radius 2 is 2.04 bits per heavy atom. The number of nitrogens with zero attached hydrogens (tertiary/aromatic N) is 2. The Labute approximate surface area is 144 Å². The molecule has 0 aliphatic rings. The van der Waals surface area contributed by atoms with Crippen LogP contribution in [0.25, 0.3) is 0 Å². The van der Waals surface area contributed by atoms with Crippen molar-refractivity contribution < 1.29 is 9.90 Å². The number of thiophene rings is 1. The van der Waals surface area contributed by atoms with E-state index in [1.165, 1.54) is 5.56 Å². The number of carboxylic acid groups (broad SMARTS) is 1. The van der Waals surface area contributed by atoms with Crippen molar-refractivity contribution in [2.75, 3.05) is 0 Å². The van der Waals surface area contributed by atoms with Gasteiger partial charge in [0.2, 0.25) is 0 Å². The Hall–Kier alpha value is -2.44. The number of hydrogen-bond donors (Lipinski definition) is 2. The molecule has 2 heterocycles. The van der Waals surface area contributed by atoms with Crippen LogP contribution in [0.2, 0.25) is 0 Å². The molecule has 2 aromatic heterocycles. The summed E-state index contributed by atoms with van der Waals surface area (Å²) in [6.45, 7) is 1.31. The maximum atomic E-state index is 11.1. The lowest BCUT2D eigenvalue weighted by Crippen LogP contribution is -2.22.